The van der Waals surface area contributed by atoms with Crippen molar-refractivity contribution in [3.8, 4) is 17.2 Å². The Morgan fingerprint density at radius 3 is 2.40 bits per heavy atom. The number of ether oxygens (including phenoxy) is 2. The summed E-state index contributed by atoms with van der Waals surface area (Å²) in [6.07, 6.45) is 4.92. The molecule has 2 aromatic rings. The molecule has 0 spiro atoms. The minimum absolute atomic E-state index is 0.153. The van der Waals surface area contributed by atoms with Crippen molar-refractivity contribution in [3.05, 3.63) is 59.7 Å². The van der Waals surface area contributed by atoms with Crippen LogP contribution in [0.4, 0.5) is 0 Å². The summed E-state index contributed by atoms with van der Waals surface area (Å²) in [6, 6.07) is 13.3. The topological polar surface area (TPSA) is 38.7 Å². The van der Waals surface area contributed by atoms with E-state index >= 15 is 0 Å². The van der Waals surface area contributed by atoms with Crippen LogP contribution in [0.2, 0.25) is 0 Å². The van der Waals surface area contributed by atoms with Crippen LogP contribution in [0.3, 0.4) is 0 Å². The van der Waals surface area contributed by atoms with Gasteiger partial charge in [0.15, 0.2) is 11.5 Å². The maximum Gasteiger partial charge on any atom is 0.161 e. The van der Waals surface area contributed by atoms with Gasteiger partial charge in [-0.3, -0.25) is 0 Å². The molecule has 0 aromatic heterocycles. The Kier molecular flexibility index (Phi) is 4.66. The lowest BCUT2D eigenvalue weighted by Crippen LogP contribution is -1.85. The third-order valence-corrected chi connectivity index (χ3v) is 3.03. The van der Waals surface area contributed by atoms with E-state index in [1.54, 1.807) is 26.4 Å². The van der Waals surface area contributed by atoms with Gasteiger partial charge in [0.25, 0.3) is 0 Å². The van der Waals surface area contributed by atoms with Crippen LogP contribution in [-0.4, -0.2) is 19.3 Å². The molecule has 20 heavy (non-hydrogen) atoms. The van der Waals surface area contributed by atoms with Crippen molar-refractivity contribution in [2.75, 3.05) is 14.2 Å². The quantitative estimate of drug-likeness (QED) is 0.901. The molecular formula is C17H18O3. The molecule has 0 radical (unpaired) electrons. The molecule has 0 saturated carbocycles. The van der Waals surface area contributed by atoms with Crippen LogP contribution >= 0.6 is 0 Å². The molecule has 2 rings (SSSR count). The first-order valence-corrected chi connectivity index (χ1v) is 6.39. The fourth-order valence-corrected chi connectivity index (χ4v) is 1.89. The Labute approximate surface area is 119 Å². The van der Waals surface area contributed by atoms with Gasteiger partial charge in [-0.2, -0.15) is 0 Å². The molecule has 0 aliphatic rings. The second kappa shape index (κ2) is 6.66. The van der Waals surface area contributed by atoms with Gasteiger partial charge in [-0.05, 0) is 41.8 Å². The van der Waals surface area contributed by atoms with Crippen molar-refractivity contribution in [2.24, 2.45) is 0 Å². The molecule has 3 nitrogen and oxygen atoms in total. The number of hydrogen-bond acceptors (Lipinski definition) is 3. The first-order chi connectivity index (χ1) is 9.72. The summed E-state index contributed by atoms with van der Waals surface area (Å²) in [5.41, 5.74) is 2.21. The van der Waals surface area contributed by atoms with E-state index < -0.39 is 0 Å². The summed E-state index contributed by atoms with van der Waals surface area (Å²) in [5.74, 6) is 1.50. The Bertz CT molecular complexity index is 586. The lowest BCUT2D eigenvalue weighted by Gasteiger charge is -2.04. The van der Waals surface area contributed by atoms with E-state index in [9.17, 15) is 5.11 Å². The molecule has 3 heteroatoms. The highest BCUT2D eigenvalue weighted by molar-refractivity contribution is 5.55. The lowest BCUT2D eigenvalue weighted by atomic mass is 10.1. The first kappa shape index (κ1) is 14.0. The van der Waals surface area contributed by atoms with Crippen molar-refractivity contribution in [3.63, 3.8) is 0 Å². The third-order valence-electron chi connectivity index (χ3n) is 3.03. The molecule has 0 heterocycles. The molecule has 0 aliphatic carbocycles. The van der Waals surface area contributed by atoms with Crippen LogP contribution in [-0.2, 0) is 6.42 Å². The first-order valence-electron chi connectivity index (χ1n) is 6.39. The van der Waals surface area contributed by atoms with E-state index in [4.69, 9.17) is 9.47 Å². The van der Waals surface area contributed by atoms with Gasteiger partial charge >= 0.3 is 0 Å². The highest BCUT2D eigenvalue weighted by Crippen LogP contribution is 2.26. The van der Waals surface area contributed by atoms with Crippen molar-refractivity contribution in [1.29, 1.82) is 0 Å². The van der Waals surface area contributed by atoms with Gasteiger partial charge in [-0.15, -0.1) is 0 Å². The molecule has 0 fully saturated rings. The van der Waals surface area contributed by atoms with Gasteiger partial charge in [0.05, 0.1) is 14.2 Å². The van der Waals surface area contributed by atoms with Gasteiger partial charge in [-0.25, -0.2) is 0 Å². The molecule has 104 valence electrons. The van der Waals surface area contributed by atoms with Gasteiger partial charge in [0.2, 0.25) is 0 Å². The maximum atomic E-state index is 9.53. The fraction of sp³-hybridized carbons (Fsp3) is 0.176. The number of hydrogen-bond donors (Lipinski definition) is 1. The normalized spacial score (nSPS) is 10.7. The summed E-state index contributed by atoms with van der Waals surface area (Å²) in [6.45, 7) is 0. The highest BCUT2D eigenvalue weighted by atomic mass is 16.5. The number of phenols is 1. The molecule has 0 amide bonds. The van der Waals surface area contributed by atoms with Gasteiger partial charge in [0, 0.05) is 0 Å². The predicted molar refractivity (Wildman–Crippen MR) is 80.4 cm³/mol. The second-order valence-electron chi connectivity index (χ2n) is 4.39. The molecule has 1 N–H and O–H groups in total. The molecule has 0 atom stereocenters. The van der Waals surface area contributed by atoms with Crippen molar-refractivity contribution >= 4 is 6.08 Å². The Morgan fingerprint density at radius 1 is 1.00 bits per heavy atom. The highest BCUT2D eigenvalue weighted by Gasteiger charge is 2.00. The smallest absolute Gasteiger partial charge is 0.161 e. The zero-order valence-electron chi connectivity index (χ0n) is 11.7. The monoisotopic (exact) mass is 270 g/mol. The Hall–Kier alpha value is -2.42. The van der Waals surface area contributed by atoms with Crippen LogP contribution in [0.25, 0.3) is 6.08 Å². The maximum absolute atomic E-state index is 9.53. The minimum atomic E-state index is 0.153. The van der Waals surface area contributed by atoms with Crippen LogP contribution in [0.1, 0.15) is 11.1 Å². The average Bonchev–Trinajstić information content (AvgIpc) is 2.49. The zero-order chi connectivity index (χ0) is 14.4. The lowest BCUT2D eigenvalue weighted by molar-refractivity contribution is 0.373. The van der Waals surface area contributed by atoms with Crippen molar-refractivity contribution in [1.82, 2.24) is 0 Å². The summed E-state index contributed by atoms with van der Waals surface area (Å²) in [7, 11) is 3.20. The van der Waals surface area contributed by atoms with Gasteiger partial charge in [0.1, 0.15) is 5.75 Å². The Balaban J connectivity index is 2.02. The number of benzene rings is 2. The third kappa shape index (κ3) is 3.54. The molecule has 0 saturated heterocycles. The minimum Gasteiger partial charge on any atom is -0.504 e. The van der Waals surface area contributed by atoms with Crippen molar-refractivity contribution < 1.29 is 14.6 Å². The number of aromatic hydroxyl groups is 1. The summed E-state index contributed by atoms with van der Waals surface area (Å²) in [4.78, 5) is 0. The number of allylic oxidation sites excluding steroid dienone is 1. The summed E-state index contributed by atoms with van der Waals surface area (Å²) in [5, 5.41) is 9.53. The van der Waals surface area contributed by atoms with Crippen LogP contribution in [0.15, 0.2) is 48.5 Å². The van der Waals surface area contributed by atoms with E-state index in [2.05, 4.69) is 6.08 Å². The van der Waals surface area contributed by atoms with E-state index in [0.29, 0.717) is 5.75 Å². The number of phenolic OH excluding ortho intramolecular Hbond substituents is 1. The molecule has 0 aliphatic heterocycles. The fourth-order valence-electron chi connectivity index (χ4n) is 1.89. The Morgan fingerprint density at radius 2 is 1.75 bits per heavy atom. The number of methoxy groups -OCH3 is 2. The predicted octanol–water partition coefficient (Wildman–Crippen LogP) is 3.67. The largest absolute Gasteiger partial charge is 0.504 e. The van der Waals surface area contributed by atoms with Crippen LogP contribution in [0, 0.1) is 0 Å². The molecule has 0 bridgehead atoms. The molecule has 0 unspecified atom stereocenters. The average molecular weight is 270 g/mol. The van der Waals surface area contributed by atoms with E-state index in [1.165, 1.54) is 5.56 Å². The van der Waals surface area contributed by atoms with Gasteiger partial charge < -0.3 is 14.6 Å². The number of rotatable bonds is 5. The van der Waals surface area contributed by atoms with Crippen LogP contribution < -0.4 is 9.47 Å². The van der Waals surface area contributed by atoms with E-state index in [-0.39, 0.29) is 5.75 Å². The summed E-state index contributed by atoms with van der Waals surface area (Å²) < 4.78 is 10.2. The standard InChI is InChI=1S/C17H18O3/c1-19-15-9-6-13(7-10-15)4-3-5-14-8-11-16(18)17(12-14)20-2/h3,5-12,18H,4H2,1-2H3/b5-3+. The van der Waals surface area contributed by atoms with E-state index in [0.717, 1.165) is 17.7 Å². The zero-order valence-corrected chi connectivity index (χ0v) is 11.7. The van der Waals surface area contributed by atoms with E-state index in [1.807, 2.05) is 36.4 Å². The summed E-state index contributed by atoms with van der Waals surface area (Å²) >= 11 is 0. The second-order valence-corrected chi connectivity index (χ2v) is 4.39. The molecule has 2 aromatic carbocycles. The van der Waals surface area contributed by atoms with Gasteiger partial charge in [-0.1, -0.05) is 30.4 Å². The van der Waals surface area contributed by atoms with Crippen molar-refractivity contribution in [2.45, 2.75) is 6.42 Å². The SMILES string of the molecule is COc1ccc(C/C=C/c2ccc(O)c(OC)c2)cc1. The van der Waals surface area contributed by atoms with Crippen LogP contribution in [0.5, 0.6) is 17.2 Å². The molecular weight excluding hydrogens is 252 g/mol.